The maximum Gasteiger partial charge on any atom is 0.289 e. The van der Waals surface area contributed by atoms with Crippen molar-refractivity contribution in [3.8, 4) is 17.0 Å². The van der Waals surface area contributed by atoms with Crippen molar-refractivity contribution in [3.05, 3.63) is 60.2 Å². The van der Waals surface area contributed by atoms with Crippen LogP contribution in [0.25, 0.3) is 11.3 Å². The Bertz CT molecular complexity index is 866. The molecule has 0 N–H and O–H groups in total. The Labute approximate surface area is 145 Å². The van der Waals surface area contributed by atoms with Gasteiger partial charge in [0, 0.05) is 18.7 Å². The van der Waals surface area contributed by atoms with Crippen LogP contribution in [0.4, 0.5) is 0 Å². The summed E-state index contributed by atoms with van der Waals surface area (Å²) in [6, 6.07) is 13.3. The summed E-state index contributed by atoms with van der Waals surface area (Å²) in [7, 11) is 1.65. The van der Waals surface area contributed by atoms with E-state index >= 15 is 0 Å². The standard InChI is InChI=1S/C19H19N3O3/c1-24-16-7-5-14(6-8-16)17-12-15-13-21(9-3-10-22(15)20-17)19(23)18-4-2-11-25-18/h2,4-8,11-12H,3,9-10,13H2,1H3. The molecule has 0 bridgehead atoms. The lowest BCUT2D eigenvalue weighted by Crippen LogP contribution is -2.30. The van der Waals surface area contributed by atoms with Gasteiger partial charge in [0.1, 0.15) is 5.75 Å². The van der Waals surface area contributed by atoms with Crippen molar-refractivity contribution in [2.45, 2.75) is 19.5 Å². The fourth-order valence-electron chi connectivity index (χ4n) is 3.09. The minimum absolute atomic E-state index is 0.0781. The number of furan rings is 1. The molecular weight excluding hydrogens is 318 g/mol. The van der Waals surface area contributed by atoms with E-state index in [1.165, 1.54) is 6.26 Å². The number of aryl methyl sites for hydroxylation is 1. The van der Waals surface area contributed by atoms with E-state index in [1.807, 2.05) is 33.8 Å². The number of aromatic nitrogens is 2. The Hall–Kier alpha value is -3.02. The molecular formula is C19H19N3O3. The number of carbonyl (C=O) groups excluding carboxylic acids is 1. The average molecular weight is 337 g/mol. The molecule has 0 aliphatic carbocycles. The Morgan fingerprint density at radius 3 is 2.76 bits per heavy atom. The van der Waals surface area contributed by atoms with Crippen molar-refractivity contribution in [1.82, 2.24) is 14.7 Å². The van der Waals surface area contributed by atoms with Crippen molar-refractivity contribution in [2.75, 3.05) is 13.7 Å². The molecule has 1 aliphatic rings. The van der Waals surface area contributed by atoms with E-state index in [1.54, 1.807) is 19.2 Å². The fraction of sp³-hybridized carbons (Fsp3) is 0.263. The van der Waals surface area contributed by atoms with E-state index in [-0.39, 0.29) is 5.91 Å². The Kier molecular flexibility index (Phi) is 4.01. The molecule has 1 amide bonds. The molecule has 0 unspecified atom stereocenters. The van der Waals surface area contributed by atoms with Crippen LogP contribution >= 0.6 is 0 Å². The highest BCUT2D eigenvalue weighted by Crippen LogP contribution is 2.24. The molecule has 0 saturated carbocycles. The molecule has 6 nitrogen and oxygen atoms in total. The zero-order valence-electron chi connectivity index (χ0n) is 14.0. The van der Waals surface area contributed by atoms with Crippen LogP contribution in [0, 0.1) is 0 Å². The number of rotatable bonds is 3. The second-order valence-corrected chi connectivity index (χ2v) is 6.03. The van der Waals surface area contributed by atoms with E-state index in [0.29, 0.717) is 18.8 Å². The molecule has 25 heavy (non-hydrogen) atoms. The maximum atomic E-state index is 12.6. The van der Waals surface area contributed by atoms with Gasteiger partial charge >= 0.3 is 0 Å². The first-order chi connectivity index (χ1) is 12.2. The topological polar surface area (TPSA) is 60.5 Å². The number of nitrogens with zero attached hydrogens (tertiary/aromatic N) is 3. The molecule has 0 fully saturated rings. The van der Waals surface area contributed by atoms with E-state index in [0.717, 1.165) is 35.7 Å². The molecule has 128 valence electrons. The average Bonchev–Trinajstić information content (AvgIpc) is 3.27. The number of ether oxygens (including phenoxy) is 1. The third-order valence-corrected chi connectivity index (χ3v) is 4.42. The summed E-state index contributed by atoms with van der Waals surface area (Å²) in [4.78, 5) is 14.4. The summed E-state index contributed by atoms with van der Waals surface area (Å²) in [5, 5.41) is 4.71. The Balaban J connectivity index is 1.59. The third kappa shape index (κ3) is 3.03. The maximum absolute atomic E-state index is 12.6. The number of hydrogen-bond acceptors (Lipinski definition) is 4. The highest BCUT2D eigenvalue weighted by molar-refractivity contribution is 5.91. The lowest BCUT2D eigenvalue weighted by Gasteiger charge is -2.18. The predicted molar refractivity (Wildman–Crippen MR) is 92.3 cm³/mol. The molecule has 1 aliphatic heterocycles. The van der Waals surface area contributed by atoms with Crippen molar-refractivity contribution < 1.29 is 13.9 Å². The summed E-state index contributed by atoms with van der Waals surface area (Å²) in [6.07, 6.45) is 2.39. The van der Waals surface area contributed by atoms with Gasteiger partial charge in [-0.15, -0.1) is 0 Å². The molecule has 0 spiro atoms. The van der Waals surface area contributed by atoms with E-state index < -0.39 is 0 Å². The summed E-state index contributed by atoms with van der Waals surface area (Å²) in [6.45, 7) is 2.02. The van der Waals surface area contributed by atoms with Crippen LogP contribution in [0.1, 0.15) is 22.7 Å². The fourth-order valence-corrected chi connectivity index (χ4v) is 3.09. The first-order valence-electron chi connectivity index (χ1n) is 8.28. The van der Waals surface area contributed by atoms with E-state index in [2.05, 4.69) is 6.07 Å². The van der Waals surface area contributed by atoms with Crippen LogP contribution < -0.4 is 4.74 Å². The Morgan fingerprint density at radius 1 is 1.20 bits per heavy atom. The SMILES string of the molecule is COc1ccc(-c2cc3n(n2)CCCN(C(=O)c2ccco2)C3)cc1. The van der Waals surface area contributed by atoms with Crippen LogP contribution in [-0.4, -0.2) is 34.2 Å². The first-order valence-corrected chi connectivity index (χ1v) is 8.28. The van der Waals surface area contributed by atoms with Crippen molar-refractivity contribution in [1.29, 1.82) is 0 Å². The quantitative estimate of drug-likeness (QED) is 0.736. The van der Waals surface area contributed by atoms with Gasteiger partial charge in [-0.1, -0.05) is 0 Å². The van der Waals surface area contributed by atoms with Crippen LogP contribution in [0.5, 0.6) is 5.75 Å². The molecule has 0 saturated heterocycles. The van der Waals surface area contributed by atoms with Gasteiger partial charge in [0.15, 0.2) is 5.76 Å². The molecule has 1 aromatic carbocycles. The van der Waals surface area contributed by atoms with Crippen molar-refractivity contribution in [3.63, 3.8) is 0 Å². The smallest absolute Gasteiger partial charge is 0.289 e. The normalized spacial score (nSPS) is 14.0. The number of hydrogen-bond donors (Lipinski definition) is 0. The Morgan fingerprint density at radius 2 is 2.04 bits per heavy atom. The number of fused-ring (bicyclic) bond motifs is 1. The lowest BCUT2D eigenvalue weighted by molar-refractivity contribution is 0.0713. The first kappa shape index (κ1) is 15.5. The molecule has 3 heterocycles. The summed E-state index contributed by atoms with van der Waals surface area (Å²) in [5.74, 6) is 1.12. The lowest BCUT2D eigenvalue weighted by atomic mass is 10.1. The number of carbonyl (C=O) groups is 1. The predicted octanol–water partition coefficient (Wildman–Crippen LogP) is 3.20. The molecule has 6 heteroatoms. The van der Waals surface area contributed by atoms with Crippen LogP contribution in [0.15, 0.2) is 53.1 Å². The van der Waals surface area contributed by atoms with Crippen LogP contribution in [0.3, 0.4) is 0 Å². The van der Waals surface area contributed by atoms with Gasteiger partial charge in [-0.25, -0.2) is 0 Å². The van der Waals surface area contributed by atoms with Crippen molar-refractivity contribution in [2.24, 2.45) is 0 Å². The third-order valence-electron chi connectivity index (χ3n) is 4.42. The van der Waals surface area contributed by atoms with Gasteiger partial charge in [-0.2, -0.15) is 5.10 Å². The molecule has 3 aromatic rings. The molecule has 0 atom stereocenters. The summed E-state index contributed by atoms with van der Waals surface area (Å²) >= 11 is 0. The summed E-state index contributed by atoms with van der Waals surface area (Å²) < 4.78 is 12.4. The minimum Gasteiger partial charge on any atom is -0.497 e. The zero-order valence-corrected chi connectivity index (χ0v) is 14.0. The van der Waals surface area contributed by atoms with Crippen LogP contribution in [0.2, 0.25) is 0 Å². The molecule has 2 aromatic heterocycles. The van der Waals surface area contributed by atoms with Gasteiger partial charge in [0.25, 0.3) is 5.91 Å². The highest BCUT2D eigenvalue weighted by atomic mass is 16.5. The van der Waals surface area contributed by atoms with Gasteiger partial charge in [-0.3, -0.25) is 9.48 Å². The van der Waals surface area contributed by atoms with Crippen molar-refractivity contribution >= 4 is 5.91 Å². The van der Waals surface area contributed by atoms with E-state index in [4.69, 9.17) is 14.3 Å². The van der Waals surface area contributed by atoms with Gasteiger partial charge < -0.3 is 14.1 Å². The molecule has 4 rings (SSSR count). The summed E-state index contributed by atoms with van der Waals surface area (Å²) in [5.41, 5.74) is 2.97. The largest absolute Gasteiger partial charge is 0.497 e. The number of amides is 1. The highest BCUT2D eigenvalue weighted by Gasteiger charge is 2.23. The number of methoxy groups -OCH3 is 1. The van der Waals surface area contributed by atoms with Gasteiger partial charge in [-0.05, 0) is 48.9 Å². The number of benzene rings is 1. The van der Waals surface area contributed by atoms with Crippen LogP contribution in [-0.2, 0) is 13.1 Å². The second kappa shape index (κ2) is 6.47. The van der Waals surface area contributed by atoms with Gasteiger partial charge in [0.2, 0.25) is 0 Å². The second-order valence-electron chi connectivity index (χ2n) is 6.03. The monoisotopic (exact) mass is 337 g/mol. The zero-order chi connectivity index (χ0) is 17.2. The van der Waals surface area contributed by atoms with Gasteiger partial charge in [0.05, 0.1) is 31.3 Å². The minimum atomic E-state index is -0.0781. The molecule has 0 radical (unpaired) electrons. The van der Waals surface area contributed by atoms with E-state index in [9.17, 15) is 4.79 Å².